The van der Waals surface area contributed by atoms with Crippen molar-refractivity contribution < 1.29 is 19.2 Å². The van der Waals surface area contributed by atoms with Crippen molar-refractivity contribution in [1.82, 2.24) is 20.4 Å². The van der Waals surface area contributed by atoms with Gasteiger partial charge in [-0.2, -0.15) is 0 Å². The van der Waals surface area contributed by atoms with E-state index >= 15 is 0 Å². The van der Waals surface area contributed by atoms with Crippen LogP contribution in [0.2, 0.25) is 0 Å². The fourth-order valence-corrected chi connectivity index (χ4v) is 2.57. The van der Waals surface area contributed by atoms with Crippen LogP contribution >= 0.6 is 0 Å². The molecule has 0 bridgehead atoms. The molecule has 2 atom stereocenters. The van der Waals surface area contributed by atoms with Crippen LogP contribution < -0.4 is 10.6 Å². The van der Waals surface area contributed by atoms with Crippen molar-refractivity contribution in [3.05, 3.63) is 0 Å². The average Bonchev–Trinajstić information content (AvgIpc) is 2.37. The van der Waals surface area contributed by atoms with E-state index in [-0.39, 0.29) is 42.9 Å². The zero-order valence-electron chi connectivity index (χ0n) is 11.7. The lowest BCUT2D eigenvalue weighted by molar-refractivity contribution is -0.149. The number of imide groups is 2. The molecule has 2 rings (SSSR count). The number of nitrogens with one attached hydrogen (secondary N) is 2. The molecule has 0 aromatic heterocycles. The molecule has 2 aliphatic rings. The molecule has 0 radical (unpaired) electrons. The number of amides is 4. The van der Waals surface area contributed by atoms with Crippen LogP contribution in [0.25, 0.3) is 0 Å². The minimum Gasteiger partial charge on any atom is -0.294 e. The summed E-state index contributed by atoms with van der Waals surface area (Å²) in [6.07, 6.45) is -0.370. The van der Waals surface area contributed by atoms with Gasteiger partial charge in [0.05, 0.1) is 31.3 Å². The Kier molecular flexibility index (Phi) is 3.87. The maximum absolute atomic E-state index is 11.7. The first kappa shape index (κ1) is 14.6. The molecule has 110 valence electrons. The number of rotatable bonds is 2. The molecular weight excluding hydrogens is 264 g/mol. The van der Waals surface area contributed by atoms with Crippen LogP contribution in [0, 0.1) is 0 Å². The third kappa shape index (κ3) is 2.56. The Morgan fingerprint density at radius 2 is 1.25 bits per heavy atom. The summed E-state index contributed by atoms with van der Waals surface area (Å²) in [5.41, 5.74) is 0. The number of carbonyl (C=O) groups excluding carboxylic acids is 4. The van der Waals surface area contributed by atoms with Gasteiger partial charge >= 0.3 is 0 Å². The summed E-state index contributed by atoms with van der Waals surface area (Å²) < 4.78 is 0. The summed E-state index contributed by atoms with van der Waals surface area (Å²) in [4.78, 5) is 49.7. The van der Waals surface area contributed by atoms with E-state index in [1.165, 1.54) is 0 Å². The van der Waals surface area contributed by atoms with Crippen molar-refractivity contribution >= 4 is 23.6 Å². The van der Waals surface area contributed by atoms with Crippen molar-refractivity contribution in [3.63, 3.8) is 0 Å². The fourth-order valence-electron chi connectivity index (χ4n) is 2.57. The van der Waals surface area contributed by atoms with E-state index in [9.17, 15) is 19.2 Å². The van der Waals surface area contributed by atoms with Crippen LogP contribution in [0.15, 0.2) is 0 Å². The molecule has 2 heterocycles. The lowest BCUT2D eigenvalue weighted by atomic mass is 10.1. The summed E-state index contributed by atoms with van der Waals surface area (Å²) in [5.74, 6) is -1.48. The van der Waals surface area contributed by atoms with Gasteiger partial charge < -0.3 is 0 Å². The van der Waals surface area contributed by atoms with Gasteiger partial charge in [0, 0.05) is 0 Å². The second kappa shape index (κ2) is 5.29. The van der Waals surface area contributed by atoms with Crippen molar-refractivity contribution in [2.75, 3.05) is 13.1 Å². The predicted molar refractivity (Wildman–Crippen MR) is 68.1 cm³/mol. The molecular formula is C12H18N4O4. The molecule has 20 heavy (non-hydrogen) atoms. The minimum absolute atomic E-state index is 0.0626. The van der Waals surface area contributed by atoms with E-state index in [1.807, 2.05) is 0 Å². The van der Waals surface area contributed by atoms with Crippen LogP contribution in [0.5, 0.6) is 0 Å². The van der Waals surface area contributed by atoms with Gasteiger partial charge in [0.25, 0.3) is 0 Å². The molecule has 0 saturated carbocycles. The number of nitrogens with zero attached hydrogens (tertiary/aromatic N) is 2. The molecule has 2 fully saturated rings. The monoisotopic (exact) mass is 282 g/mol. The Morgan fingerprint density at radius 3 is 1.60 bits per heavy atom. The highest BCUT2D eigenvalue weighted by Crippen LogP contribution is 2.17. The second-order valence-corrected chi connectivity index (χ2v) is 5.15. The van der Waals surface area contributed by atoms with Gasteiger partial charge in [-0.1, -0.05) is 0 Å². The molecule has 0 aromatic carbocycles. The van der Waals surface area contributed by atoms with Gasteiger partial charge in [-0.15, -0.1) is 0 Å². The summed E-state index contributed by atoms with van der Waals surface area (Å²) in [7, 11) is 0. The zero-order chi connectivity index (χ0) is 15.0. The Labute approximate surface area is 116 Å². The second-order valence-electron chi connectivity index (χ2n) is 5.15. The van der Waals surface area contributed by atoms with E-state index in [2.05, 4.69) is 10.6 Å². The van der Waals surface area contributed by atoms with E-state index in [1.54, 1.807) is 30.6 Å². The molecule has 2 saturated heterocycles. The van der Waals surface area contributed by atoms with Crippen LogP contribution in [0.4, 0.5) is 0 Å². The van der Waals surface area contributed by atoms with Gasteiger partial charge in [0.15, 0.2) is 0 Å². The fraction of sp³-hybridized carbons (Fsp3) is 0.667. The molecule has 2 N–H and O–H groups in total. The lowest BCUT2D eigenvalue weighted by Gasteiger charge is -2.44. The van der Waals surface area contributed by atoms with Gasteiger partial charge in [0.2, 0.25) is 23.6 Å². The Bertz CT molecular complexity index is 436. The highest BCUT2D eigenvalue weighted by molar-refractivity contribution is 6.01. The molecule has 4 amide bonds. The van der Waals surface area contributed by atoms with Gasteiger partial charge in [-0.25, -0.2) is 0 Å². The number of carbonyl (C=O) groups is 4. The van der Waals surface area contributed by atoms with Crippen molar-refractivity contribution in [2.24, 2.45) is 0 Å². The minimum atomic E-state index is -0.491. The number of hydrogen-bond donors (Lipinski definition) is 2. The van der Waals surface area contributed by atoms with Gasteiger partial charge in [-0.05, 0) is 20.8 Å². The van der Waals surface area contributed by atoms with Crippen LogP contribution in [0.1, 0.15) is 20.8 Å². The first-order valence-electron chi connectivity index (χ1n) is 6.50. The lowest BCUT2D eigenvalue weighted by Crippen LogP contribution is -2.67. The topological polar surface area (TPSA) is 98.8 Å². The number of hydrogen-bond acceptors (Lipinski definition) is 6. The normalized spacial score (nSPS) is 30.9. The van der Waals surface area contributed by atoms with Gasteiger partial charge in [0.1, 0.15) is 0 Å². The maximum Gasteiger partial charge on any atom is 0.243 e. The SMILES string of the molecule is CC1C(=O)NC(=O)CN1C(C)N1CC(=O)NC(=O)C1C. The third-order valence-electron chi connectivity index (χ3n) is 3.89. The van der Waals surface area contributed by atoms with Crippen molar-refractivity contribution in [2.45, 2.75) is 39.0 Å². The molecule has 8 heteroatoms. The first-order chi connectivity index (χ1) is 9.31. The Hall–Kier alpha value is -1.80. The van der Waals surface area contributed by atoms with E-state index in [0.717, 1.165) is 0 Å². The summed E-state index contributed by atoms with van der Waals surface area (Å²) in [6, 6.07) is -0.982. The van der Waals surface area contributed by atoms with E-state index < -0.39 is 12.1 Å². The summed E-state index contributed by atoms with van der Waals surface area (Å²) in [6.45, 7) is 5.29. The van der Waals surface area contributed by atoms with Crippen LogP contribution in [-0.4, -0.2) is 64.8 Å². The molecule has 8 nitrogen and oxygen atoms in total. The first-order valence-corrected chi connectivity index (χ1v) is 6.50. The third-order valence-corrected chi connectivity index (χ3v) is 3.89. The highest BCUT2D eigenvalue weighted by atomic mass is 16.2. The maximum atomic E-state index is 11.7. The van der Waals surface area contributed by atoms with Gasteiger partial charge in [-0.3, -0.25) is 39.6 Å². The summed E-state index contributed by atoms with van der Waals surface area (Å²) in [5, 5.41) is 4.52. The van der Waals surface area contributed by atoms with E-state index in [4.69, 9.17) is 0 Å². The Balaban J connectivity index is 2.18. The standard InChI is InChI=1S/C12H18N4O4/c1-6-11(19)13-9(17)4-15(6)8(3)16-5-10(18)14-12(20)7(16)2/h6-8H,4-5H2,1-3H3,(H,13,17,19)(H,14,18,20). The summed E-state index contributed by atoms with van der Waals surface area (Å²) >= 11 is 0. The van der Waals surface area contributed by atoms with Crippen molar-refractivity contribution in [3.8, 4) is 0 Å². The average molecular weight is 282 g/mol. The zero-order valence-corrected chi connectivity index (χ0v) is 11.7. The molecule has 2 aliphatic heterocycles. The quantitative estimate of drug-likeness (QED) is 0.570. The van der Waals surface area contributed by atoms with Crippen molar-refractivity contribution in [1.29, 1.82) is 0 Å². The smallest absolute Gasteiger partial charge is 0.243 e. The molecule has 0 aliphatic carbocycles. The predicted octanol–water partition coefficient (Wildman–Crippen LogP) is -1.97. The molecule has 0 spiro atoms. The highest BCUT2D eigenvalue weighted by Gasteiger charge is 2.40. The van der Waals surface area contributed by atoms with E-state index in [0.29, 0.717) is 0 Å². The molecule has 2 unspecified atom stereocenters. The Morgan fingerprint density at radius 1 is 0.900 bits per heavy atom. The molecule has 0 aromatic rings. The van der Waals surface area contributed by atoms with Crippen LogP contribution in [0.3, 0.4) is 0 Å². The largest absolute Gasteiger partial charge is 0.294 e. The van der Waals surface area contributed by atoms with Crippen LogP contribution in [-0.2, 0) is 19.2 Å². The number of piperazine rings is 2.